The van der Waals surface area contributed by atoms with Gasteiger partial charge in [-0.25, -0.2) is 19.4 Å². The van der Waals surface area contributed by atoms with E-state index in [1.807, 2.05) is 48.5 Å². The van der Waals surface area contributed by atoms with Gasteiger partial charge in [0.15, 0.2) is 18.1 Å². The van der Waals surface area contributed by atoms with Crippen LogP contribution in [0.2, 0.25) is 0 Å². The van der Waals surface area contributed by atoms with Crippen LogP contribution in [0.3, 0.4) is 0 Å². The van der Waals surface area contributed by atoms with Crippen molar-refractivity contribution in [3.63, 3.8) is 0 Å². The maximum Gasteiger partial charge on any atom is 0.339 e. The van der Waals surface area contributed by atoms with Gasteiger partial charge in [0.2, 0.25) is 6.79 Å². The monoisotopic (exact) mass is 608 g/mol. The third-order valence-corrected chi connectivity index (χ3v) is 7.51. The number of aromatic nitrogens is 1. The van der Waals surface area contributed by atoms with Crippen LogP contribution in [0.5, 0.6) is 11.5 Å². The van der Waals surface area contributed by atoms with Gasteiger partial charge < -0.3 is 29.0 Å². The number of benzene rings is 3. The number of methoxy groups -OCH3 is 2. The quantitative estimate of drug-likeness (QED) is 0.220. The van der Waals surface area contributed by atoms with Gasteiger partial charge >= 0.3 is 17.9 Å². The third-order valence-electron chi connectivity index (χ3n) is 7.51. The van der Waals surface area contributed by atoms with E-state index in [9.17, 15) is 19.2 Å². The van der Waals surface area contributed by atoms with Crippen molar-refractivity contribution in [2.45, 2.75) is 19.3 Å². The van der Waals surface area contributed by atoms with Crippen LogP contribution in [-0.2, 0) is 25.4 Å². The summed E-state index contributed by atoms with van der Waals surface area (Å²) in [4.78, 5) is 55.7. The van der Waals surface area contributed by atoms with E-state index in [-0.39, 0.29) is 23.6 Å². The van der Waals surface area contributed by atoms with Crippen molar-refractivity contribution in [3.8, 4) is 11.5 Å². The molecule has 2 heterocycles. The lowest BCUT2D eigenvalue weighted by Crippen LogP contribution is -2.23. The van der Waals surface area contributed by atoms with Crippen LogP contribution < -0.4 is 14.8 Å². The Labute approximate surface area is 257 Å². The van der Waals surface area contributed by atoms with Crippen LogP contribution in [0.1, 0.15) is 60.7 Å². The van der Waals surface area contributed by atoms with E-state index in [4.69, 9.17) is 28.7 Å². The first-order chi connectivity index (χ1) is 21.8. The normalized spacial score (nSPS) is 14.0. The van der Waals surface area contributed by atoms with E-state index in [0.29, 0.717) is 40.1 Å². The van der Waals surface area contributed by atoms with Crippen LogP contribution in [0.15, 0.2) is 60.7 Å². The fraction of sp³-hybridized carbons (Fsp3) is 0.206. The van der Waals surface area contributed by atoms with Gasteiger partial charge in [-0.05, 0) is 78.4 Å². The average Bonchev–Trinajstić information content (AvgIpc) is 3.53. The number of fused-ring (bicyclic) bond motifs is 3. The summed E-state index contributed by atoms with van der Waals surface area (Å²) in [6.45, 7) is -0.427. The Kier molecular flexibility index (Phi) is 8.15. The molecule has 0 unspecified atom stereocenters. The number of hydrogen-bond donors (Lipinski definition) is 1. The summed E-state index contributed by atoms with van der Waals surface area (Å²) in [7, 11) is 2.39. The predicted octanol–water partition coefficient (Wildman–Crippen LogP) is 5.21. The molecule has 0 radical (unpaired) electrons. The van der Waals surface area contributed by atoms with Crippen molar-refractivity contribution in [1.82, 2.24) is 4.98 Å². The molecular weight excluding hydrogens is 580 g/mol. The largest absolute Gasteiger partial charge is 0.465 e. The lowest BCUT2D eigenvalue weighted by Gasteiger charge is -2.22. The van der Waals surface area contributed by atoms with Crippen LogP contribution in [0.4, 0.5) is 5.69 Å². The van der Waals surface area contributed by atoms with Crippen molar-refractivity contribution in [2.24, 2.45) is 0 Å². The Bertz CT molecular complexity index is 1860. The topological polar surface area (TPSA) is 139 Å². The van der Waals surface area contributed by atoms with Gasteiger partial charge in [0.1, 0.15) is 0 Å². The summed E-state index contributed by atoms with van der Waals surface area (Å²) in [6, 6.07) is 17.0. The highest BCUT2D eigenvalue weighted by Crippen LogP contribution is 2.38. The molecule has 0 fully saturated rings. The predicted molar refractivity (Wildman–Crippen MR) is 163 cm³/mol. The molecule has 45 heavy (non-hydrogen) atoms. The van der Waals surface area contributed by atoms with Gasteiger partial charge in [-0.15, -0.1) is 0 Å². The zero-order valence-electron chi connectivity index (χ0n) is 24.5. The number of hydrogen-bond acceptors (Lipinski definition) is 10. The molecule has 0 atom stereocenters. The molecular formula is C34H28N2O9. The Hall–Kier alpha value is -5.71. The van der Waals surface area contributed by atoms with Crippen LogP contribution in [0.25, 0.3) is 22.6 Å². The highest BCUT2D eigenvalue weighted by molar-refractivity contribution is 6.07. The number of esters is 3. The van der Waals surface area contributed by atoms with Crippen molar-refractivity contribution in [3.05, 3.63) is 94.2 Å². The third kappa shape index (κ3) is 6.05. The maximum atomic E-state index is 13.6. The van der Waals surface area contributed by atoms with Crippen molar-refractivity contribution in [1.29, 1.82) is 0 Å². The van der Waals surface area contributed by atoms with E-state index in [0.717, 1.165) is 29.5 Å². The molecule has 0 bridgehead atoms. The van der Waals surface area contributed by atoms with Gasteiger partial charge in [-0.1, -0.05) is 24.3 Å². The van der Waals surface area contributed by atoms with Crippen LogP contribution >= 0.6 is 0 Å². The summed E-state index contributed by atoms with van der Waals surface area (Å²) in [5.74, 6) is -1.37. The highest BCUT2D eigenvalue weighted by atomic mass is 16.7. The van der Waals surface area contributed by atoms with Gasteiger partial charge in [-0.3, -0.25) is 4.79 Å². The number of ether oxygens (including phenoxy) is 5. The van der Waals surface area contributed by atoms with E-state index < -0.39 is 30.4 Å². The molecule has 0 saturated heterocycles. The number of para-hydroxylation sites is 1. The van der Waals surface area contributed by atoms with Crippen LogP contribution in [0, 0.1) is 0 Å². The Morgan fingerprint density at radius 1 is 0.867 bits per heavy atom. The van der Waals surface area contributed by atoms with Crippen molar-refractivity contribution < 1.29 is 42.9 Å². The highest BCUT2D eigenvalue weighted by Gasteiger charge is 2.27. The van der Waals surface area contributed by atoms with E-state index in [1.54, 1.807) is 0 Å². The maximum absolute atomic E-state index is 13.6. The fourth-order valence-corrected chi connectivity index (χ4v) is 5.48. The lowest BCUT2D eigenvalue weighted by atomic mass is 9.86. The second kappa shape index (κ2) is 12.5. The number of amides is 1. The van der Waals surface area contributed by atoms with E-state index in [2.05, 4.69) is 5.32 Å². The molecule has 2 aliphatic rings. The molecule has 1 N–H and O–H groups in total. The zero-order chi connectivity index (χ0) is 31.5. The molecule has 1 aliphatic heterocycles. The standard InChI is InChI=1S/C34H28N2O9/c1-41-32(38)21-14-22(33(39)42-2)16-23(15-21)35-29(37)17-43-34(40)30-24-7-3-4-9-26(24)36-31-20(6-5-8-25(30)31)12-19-10-11-27-28(13-19)45-18-44-27/h3-4,7,9-16H,5-6,8,17-18H2,1-2H3,(H,35,37)/b20-12-. The average molecular weight is 609 g/mol. The number of nitrogens with zero attached hydrogens (tertiary/aromatic N) is 1. The number of carbonyl (C=O) groups excluding carboxylic acids is 4. The molecule has 228 valence electrons. The first-order valence-electron chi connectivity index (χ1n) is 14.2. The number of carbonyl (C=O) groups is 4. The second-order valence-corrected chi connectivity index (χ2v) is 10.4. The Morgan fingerprint density at radius 2 is 1.60 bits per heavy atom. The molecule has 11 nitrogen and oxygen atoms in total. The SMILES string of the molecule is COC(=O)c1cc(NC(=O)COC(=O)c2c3c(nc4ccccc24)/C(=C\c2ccc4c(c2)OCO4)CCC3)cc(C(=O)OC)c1. The summed E-state index contributed by atoms with van der Waals surface area (Å²) >= 11 is 0. The lowest BCUT2D eigenvalue weighted by molar-refractivity contribution is -0.119. The summed E-state index contributed by atoms with van der Waals surface area (Å²) in [5, 5.41) is 3.19. The number of allylic oxidation sites excluding steroid dienone is 1. The van der Waals surface area contributed by atoms with Gasteiger partial charge in [0.05, 0.1) is 42.1 Å². The molecule has 0 saturated carbocycles. The Balaban J connectivity index is 1.26. The minimum atomic E-state index is -0.705. The Morgan fingerprint density at radius 3 is 2.36 bits per heavy atom. The molecule has 1 aromatic heterocycles. The minimum absolute atomic E-state index is 0.0344. The summed E-state index contributed by atoms with van der Waals surface area (Å²) in [6.07, 6.45) is 4.21. The summed E-state index contributed by atoms with van der Waals surface area (Å²) in [5.41, 5.74) is 4.55. The van der Waals surface area contributed by atoms with Gasteiger partial charge in [0, 0.05) is 11.1 Å². The molecule has 1 amide bonds. The van der Waals surface area contributed by atoms with Gasteiger partial charge in [0.25, 0.3) is 5.91 Å². The molecule has 6 rings (SSSR count). The van der Waals surface area contributed by atoms with E-state index in [1.165, 1.54) is 32.4 Å². The molecule has 11 heteroatoms. The van der Waals surface area contributed by atoms with Crippen molar-refractivity contribution in [2.75, 3.05) is 32.9 Å². The zero-order valence-corrected chi connectivity index (χ0v) is 24.5. The smallest absolute Gasteiger partial charge is 0.339 e. The number of rotatable bonds is 7. The summed E-state index contributed by atoms with van der Waals surface area (Å²) < 4.78 is 26.0. The molecule has 0 spiro atoms. The van der Waals surface area contributed by atoms with E-state index >= 15 is 0 Å². The number of nitrogens with one attached hydrogen (secondary N) is 1. The molecule has 1 aliphatic carbocycles. The first kappa shape index (κ1) is 29.4. The second-order valence-electron chi connectivity index (χ2n) is 10.4. The van der Waals surface area contributed by atoms with Crippen LogP contribution in [-0.4, -0.2) is 56.4 Å². The van der Waals surface area contributed by atoms with Gasteiger partial charge in [-0.2, -0.15) is 0 Å². The minimum Gasteiger partial charge on any atom is -0.465 e. The fourth-order valence-electron chi connectivity index (χ4n) is 5.48. The molecule has 4 aromatic rings. The van der Waals surface area contributed by atoms with Crippen molar-refractivity contribution >= 4 is 52.1 Å². The first-order valence-corrected chi connectivity index (χ1v) is 14.2. The molecule has 3 aromatic carbocycles. The number of pyridine rings is 1. The number of anilines is 1.